The molecule has 2 rings (SSSR count). The fraction of sp³-hybridized carbons (Fsp3) is 0.533. The van der Waals surface area contributed by atoms with E-state index in [9.17, 15) is 0 Å². The number of hydrogen-bond donors (Lipinski definition) is 1. The van der Waals surface area contributed by atoms with E-state index in [-0.39, 0.29) is 0 Å². The molecule has 0 aliphatic carbocycles. The Balaban J connectivity index is 1.97. The lowest BCUT2D eigenvalue weighted by Crippen LogP contribution is -2.18. The summed E-state index contributed by atoms with van der Waals surface area (Å²) in [6.07, 6.45) is 3.12. The van der Waals surface area contributed by atoms with Gasteiger partial charge >= 0.3 is 0 Å². The van der Waals surface area contributed by atoms with Crippen LogP contribution >= 0.6 is 11.3 Å². The molecule has 1 unspecified atom stereocenters. The van der Waals surface area contributed by atoms with Crippen LogP contribution in [-0.2, 0) is 6.54 Å². The number of rotatable bonds is 7. The fourth-order valence-corrected chi connectivity index (χ4v) is 2.89. The van der Waals surface area contributed by atoms with Crippen LogP contribution in [0.25, 0.3) is 0 Å². The molecule has 1 N–H and O–H groups in total. The highest BCUT2D eigenvalue weighted by molar-refractivity contribution is 7.15. The molecule has 0 fully saturated rings. The average Bonchev–Trinajstić information content (AvgIpc) is 3.05. The van der Waals surface area contributed by atoms with Crippen molar-refractivity contribution in [2.24, 2.45) is 0 Å². The third kappa shape index (κ3) is 3.84. The zero-order valence-electron chi connectivity index (χ0n) is 12.6. The summed E-state index contributed by atoms with van der Waals surface area (Å²) >= 11 is 1.74. The maximum atomic E-state index is 5.61. The smallest absolute Gasteiger partial charge is 0.185 e. The van der Waals surface area contributed by atoms with Crippen molar-refractivity contribution in [2.45, 2.75) is 39.8 Å². The fourth-order valence-electron chi connectivity index (χ4n) is 1.99. The van der Waals surface area contributed by atoms with Gasteiger partial charge in [-0.1, -0.05) is 6.92 Å². The first-order chi connectivity index (χ1) is 9.60. The summed E-state index contributed by atoms with van der Waals surface area (Å²) in [6, 6.07) is 4.37. The number of aromatic nitrogens is 1. The molecule has 1 atom stereocenters. The molecule has 0 saturated heterocycles. The van der Waals surface area contributed by atoms with Gasteiger partial charge < -0.3 is 14.6 Å². The Bertz CT molecular complexity index is 535. The third-order valence-electron chi connectivity index (χ3n) is 3.15. The topological polar surface area (TPSA) is 41.3 Å². The number of thiazole rings is 1. The Labute approximate surface area is 124 Å². The molecule has 20 heavy (non-hydrogen) atoms. The minimum Gasteiger partial charge on any atom is -0.464 e. The molecule has 4 nitrogen and oxygen atoms in total. The molecule has 2 aromatic rings. The van der Waals surface area contributed by atoms with Crippen molar-refractivity contribution in [1.29, 1.82) is 0 Å². The molecule has 0 bridgehead atoms. The molecule has 110 valence electrons. The van der Waals surface area contributed by atoms with E-state index in [1.54, 1.807) is 11.3 Å². The molecular formula is C15H23N3OS. The van der Waals surface area contributed by atoms with Crippen molar-refractivity contribution in [3.8, 4) is 0 Å². The van der Waals surface area contributed by atoms with Gasteiger partial charge in [-0.2, -0.15) is 0 Å². The van der Waals surface area contributed by atoms with Gasteiger partial charge in [0.05, 0.1) is 6.54 Å². The Kier molecular flexibility index (Phi) is 5.20. The van der Waals surface area contributed by atoms with Crippen LogP contribution in [0.15, 0.2) is 22.7 Å². The second-order valence-electron chi connectivity index (χ2n) is 5.09. The summed E-state index contributed by atoms with van der Waals surface area (Å²) in [5, 5.41) is 4.51. The second kappa shape index (κ2) is 6.90. The Hall–Kier alpha value is -1.33. The first-order valence-electron chi connectivity index (χ1n) is 7.05. The molecule has 5 heteroatoms. The molecule has 2 heterocycles. The molecule has 0 radical (unpaired) electrons. The zero-order valence-corrected chi connectivity index (χ0v) is 13.5. The van der Waals surface area contributed by atoms with E-state index >= 15 is 0 Å². The van der Waals surface area contributed by atoms with Gasteiger partial charge in [-0.3, -0.25) is 0 Å². The van der Waals surface area contributed by atoms with Crippen molar-refractivity contribution in [2.75, 3.05) is 18.5 Å². The van der Waals surface area contributed by atoms with E-state index in [0.29, 0.717) is 6.04 Å². The first kappa shape index (κ1) is 15.1. The van der Waals surface area contributed by atoms with Crippen LogP contribution in [0.1, 0.15) is 42.7 Å². The van der Waals surface area contributed by atoms with Crippen LogP contribution in [0.3, 0.4) is 0 Å². The second-order valence-corrected chi connectivity index (χ2v) is 6.13. The van der Waals surface area contributed by atoms with Crippen LogP contribution < -0.4 is 10.2 Å². The molecule has 0 amide bonds. The summed E-state index contributed by atoms with van der Waals surface area (Å²) in [4.78, 5) is 7.91. The van der Waals surface area contributed by atoms with Gasteiger partial charge in [0.2, 0.25) is 0 Å². The van der Waals surface area contributed by atoms with Gasteiger partial charge in [-0.15, -0.1) is 11.3 Å². The SMILES string of the molecule is CCCNC(C)c1cnc(N(C)Cc2ccc(C)o2)s1. The molecule has 0 aliphatic rings. The summed E-state index contributed by atoms with van der Waals surface area (Å²) in [5.74, 6) is 1.92. The number of furan rings is 1. The van der Waals surface area contributed by atoms with Crippen LogP contribution in [-0.4, -0.2) is 18.6 Å². The number of aryl methyl sites for hydroxylation is 1. The monoisotopic (exact) mass is 293 g/mol. The van der Waals surface area contributed by atoms with Crippen LogP contribution in [0, 0.1) is 6.92 Å². The predicted octanol–water partition coefficient (Wildman–Crippen LogP) is 3.74. The van der Waals surface area contributed by atoms with E-state index in [4.69, 9.17) is 4.42 Å². The van der Waals surface area contributed by atoms with Crippen LogP contribution in [0.5, 0.6) is 0 Å². The summed E-state index contributed by atoms with van der Waals surface area (Å²) in [7, 11) is 2.05. The molecule has 0 aliphatic heterocycles. The standard InChI is InChI=1S/C15H23N3OS/c1-5-8-16-12(3)14-9-17-15(20-14)18(4)10-13-7-6-11(2)19-13/h6-7,9,12,16H,5,8,10H2,1-4H3. The zero-order chi connectivity index (χ0) is 14.5. The van der Waals surface area contributed by atoms with Crippen molar-refractivity contribution < 1.29 is 4.42 Å². The van der Waals surface area contributed by atoms with E-state index in [1.165, 1.54) is 4.88 Å². The average molecular weight is 293 g/mol. The van der Waals surface area contributed by atoms with E-state index in [0.717, 1.165) is 36.2 Å². The maximum absolute atomic E-state index is 5.61. The van der Waals surface area contributed by atoms with Gasteiger partial charge in [-0.05, 0) is 38.9 Å². The van der Waals surface area contributed by atoms with Crippen molar-refractivity contribution in [1.82, 2.24) is 10.3 Å². The largest absolute Gasteiger partial charge is 0.464 e. The van der Waals surface area contributed by atoms with Crippen molar-refractivity contribution in [3.63, 3.8) is 0 Å². The maximum Gasteiger partial charge on any atom is 0.185 e. The molecule has 0 aromatic carbocycles. The molecule has 0 saturated carbocycles. The normalized spacial score (nSPS) is 12.6. The molecule has 0 spiro atoms. The van der Waals surface area contributed by atoms with Gasteiger partial charge in [0.15, 0.2) is 5.13 Å². The van der Waals surface area contributed by atoms with Gasteiger partial charge in [0.25, 0.3) is 0 Å². The summed E-state index contributed by atoms with van der Waals surface area (Å²) < 4.78 is 5.61. The molecular weight excluding hydrogens is 270 g/mol. The van der Waals surface area contributed by atoms with Crippen LogP contribution in [0.2, 0.25) is 0 Å². The van der Waals surface area contributed by atoms with E-state index < -0.39 is 0 Å². The number of hydrogen-bond acceptors (Lipinski definition) is 5. The van der Waals surface area contributed by atoms with Crippen molar-refractivity contribution >= 4 is 16.5 Å². The highest BCUT2D eigenvalue weighted by Crippen LogP contribution is 2.27. The lowest BCUT2D eigenvalue weighted by molar-refractivity contribution is 0.481. The van der Waals surface area contributed by atoms with Gasteiger partial charge in [-0.25, -0.2) is 4.98 Å². The summed E-state index contributed by atoms with van der Waals surface area (Å²) in [5.41, 5.74) is 0. The summed E-state index contributed by atoms with van der Waals surface area (Å²) in [6.45, 7) is 8.11. The Morgan fingerprint density at radius 2 is 2.25 bits per heavy atom. The Morgan fingerprint density at radius 3 is 2.90 bits per heavy atom. The highest BCUT2D eigenvalue weighted by atomic mass is 32.1. The number of nitrogens with one attached hydrogen (secondary N) is 1. The number of nitrogens with zero attached hydrogens (tertiary/aromatic N) is 2. The lowest BCUT2D eigenvalue weighted by atomic mass is 10.3. The van der Waals surface area contributed by atoms with Crippen molar-refractivity contribution in [3.05, 3.63) is 34.7 Å². The predicted molar refractivity (Wildman–Crippen MR) is 84.4 cm³/mol. The number of anilines is 1. The minimum absolute atomic E-state index is 0.362. The third-order valence-corrected chi connectivity index (χ3v) is 4.45. The first-order valence-corrected chi connectivity index (χ1v) is 7.87. The van der Waals surface area contributed by atoms with Gasteiger partial charge in [0, 0.05) is 24.2 Å². The van der Waals surface area contributed by atoms with Crippen LogP contribution in [0.4, 0.5) is 5.13 Å². The lowest BCUT2D eigenvalue weighted by Gasteiger charge is -2.14. The van der Waals surface area contributed by atoms with E-state index in [1.807, 2.05) is 32.3 Å². The quantitative estimate of drug-likeness (QED) is 0.844. The highest BCUT2D eigenvalue weighted by Gasteiger charge is 2.13. The Morgan fingerprint density at radius 1 is 1.45 bits per heavy atom. The molecule has 2 aromatic heterocycles. The van der Waals surface area contributed by atoms with Gasteiger partial charge in [0.1, 0.15) is 11.5 Å². The van der Waals surface area contributed by atoms with E-state index in [2.05, 4.69) is 29.0 Å². The minimum atomic E-state index is 0.362.